The molecule has 5 rings (SSSR count). The first-order chi connectivity index (χ1) is 14.2. The van der Waals surface area contributed by atoms with E-state index in [2.05, 4.69) is 74.0 Å². The number of hydrazine groups is 1. The second-order valence-electron chi connectivity index (χ2n) is 8.11. The largest absolute Gasteiger partial charge is 0.368 e. The van der Waals surface area contributed by atoms with Gasteiger partial charge in [-0.1, -0.05) is 18.2 Å². The summed E-state index contributed by atoms with van der Waals surface area (Å²) in [6.45, 7) is 3.82. The monoisotopic (exact) mass is 390 g/mol. The van der Waals surface area contributed by atoms with E-state index in [0.29, 0.717) is 5.92 Å². The van der Waals surface area contributed by atoms with Crippen molar-refractivity contribution in [3.63, 3.8) is 0 Å². The molecule has 29 heavy (non-hydrogen) atoms. The van der Waals surface area contributed by atoms with Crippen molar-refractivity contribution in [2.45, 2.75) is 44.7 Å². The van der Waals surface area contributed by atoms with Gasteiger partial charge in [0, 0.05) is 48.0 Å². The molecule has 3 aromatic rings. The third kappa shape index (κ3) is 3.46. The van der Waals surface area contributed by atoms with Crippen molar-refractivity contribution < 1.29 is 4.79 Å². The van der Waals surface area contributed by atoms with Crippen LogP contribution in [0.2, 0.25) is 0 Å². The Hall–Kier alpha value is -2.93. The molecule has 3 unspecified atom stereocenters. The van der Waals surface area contributed by atoms with Crippen LogP contribution in [0.1, 0.15) is 36.6 Å². The number of rotatable bonds is 5. The summed E-state index contributed by atoms with van der Waals surface area (Å²) >= 11 is 0. The summed E-state index contributed by atoms with van der Waals surface area (Å²) in [5.74, 6) is 1.45. The zero-order valence-corrected chi connectivity index (χ0v) is 16.6. The van der Waals surface area contributed by atoms with Crippen molar-refractivity contribution in [3.8, 4) is 0 Å². The third-order valence-electron chi connectivity index (χ3n) is 6.33. The van der Waals surface area contributed by atoms with Crippen molar-refractivity contribution in [2.24, 2.45) is 5.92 Å². The van der Waals surface area contributed by atoms with Crippen LogP contribution < -0.4 is 16.2 Å². The number of aromatic nitrogens is 3. The lowest BCUT2D eigenvalue weighted by molar-refractivity contribution is -0.123. The first-order valence-corrected chi connectivity index (χ1v) is 10.3. The van der Waals surface area contributed by atoms with Crippen LogP contribution in [-0.2, 0) is 11.3 Å². The number of fused-ring (bicyclic) bond motifs is 2. The average molecular weight is 390 g/mol. The summed E-state index contributed by atoms with van der Waals surface area (Å²) in [6.07, 6.45) is 4.46. The molecule has 1 aromatic carbocycles. The van der Waals surface area contributed by atoms with E-state index in [1.807, 2.05) is 0 Å². The number of benzene rings is 1. The highest BCUT2D eigenvalue weighted by Crippen LogP contribution is 2.37. The predicted octanol–water partition coefficient (Wildman–Crippen LogP) is 2.74. The third-order valence-corrected chi connectivity index (χ3v) is 6.33. The summed E-state index contributed by atoms with van der Waals surface area (Å²) in [5, 5.41) is 4.73. The predicted molar refractivity (Wildman–Crippen MR) is 112 cm³/mol. The van der Waals surface area contributed by atoms with Gasteiger partial charge in [-0.15, -0.1) is 0 Å². The summed E-state index contributed by atoms with van der Waals surface area (Å²) in [6, 6.07) is 13.0. The number of para-hydroxylation sites is 1. The van der Waals surface area contributed by atoms with E-state index >= 15 is 0 Å². The number of hydrogen-bond donors (Lipinski definition) is 3. The molecule has 0 bridgehead atoms. The van der Waals surface area contributed by atoms with Crippen molar-refractivity contribution >= 4 is 22.6 Å². The van der Waals surface area contributed by atoms with Crippen molar-refractivity contribution in [1.29, 1.82) is 0 Å². The highest BCUT2D eigenvalue weighted by atomic mass is 16.2. The van der Waals surface area contributed by atoms with Gasteiger partial charge in [0.15, 0.2) is 0 Å². The first-order valence-electron chi connectivity index (χ1n) is 10.3. The van der Waals surface area contributed by atoms with Gasteiger partial charge in [0.05, 0.1) is 5.92 Å². The Morgan fingerprint density at radius 3 is 3.03 bits per heavy atom. The zero-order valence-electron chi connectivity index (χ0n) is 16.6. The molecule has 1 amide bonds. The molecule has 0 radical (unpaired) electrons. The van der Waals surface area contributed by atoms with Crippen LogP contribution in [-0.4, -0.2) is 33.0 Å². The topological polar surface area (TPSA) is 83.9 Å². The normalized spacial score (nSPS) is 23.8. The van der Waals surface area contributed by atoms with Crippen LogP contribution in [0, 0.1) is 12.8 Å². The summed E-state index contributed by atoms with van der Waals surface area (Å²) in [7, 11) is 0. The SMILES string of the molecule is Cc1cc2ccccc2n1CCNc1cc(C2CCC3C(=O)NNC3C2)ncn1. The fourth-order valence-corrected chi connectivity index (χ4v) is 4.80. The zero-order chi connectivity index (χ0) is 19.8. The maximum absolute atomic E-state index is 11.8. The van der Waals surface area contributed by atoms with Crippen LogP contribution >= 0.6 is 0 Å². The maximum atomic E-state index is 11.8. The second-order valence-corrected chi connectivity index (χ2v) is 8.11. The van der Waals surface area contributed by atoms with Crippen LogP contribution in [0.5, 0.6) is 0 Å². The summed E-state index contributed by atoms with van der Waals surface area (Å²) < 4.78 is 2.33. The molecule has 1 aliphatic heterocycles. The molecule has 3 atom stereocenters. The number of amides is 1. The quantitative estimate of drug-likeness (QED) is 0.624. The number of hydrogen-bond acceptors (Lipinski definition) is 5. The first kappa shape index (κ1) is 18.1. The second kappa shape index (κ2) is 7.48. The molecule has 150 valence electrons. The Kier molecular flexibility index (Phi) is 4.67. The Labute approximate surface area is 169 Å². The van der Waals surface area contributed by atoms with Gasteiger partial charge in [-0.2, -0.15) is 0 Å². The molecule has 3 heterocycles. The molecule has 2 aromatic heterocycles. The molecular weight excluding hydrogens is 364 g/mol. The number of nitrogens with one attached hydrogen (secondary N) is 3. The minimum Gasteiger partial charge on any atom is -0.368 e. The van der Waals surface area contributed by atoms with Gasteiger partial charge in [0.25, 0.3) is 0 Å². The number of anilines is 1. The van der Waals surface area contributed by atoms with Gasteiger partial charge in [0.2, 0.25) is 5.91 Å². The van der Waals surface area contributed by atoms with E-state index in [-0.39, 0.29) is 17.9 Å². The Morgan fingerprint density at radius 1 is 1.21 bits per heavy atom. The smallest absolute Gasteiger partial charge is 0.238 e. The van der Waals surface area contributed by atoms with Crippen molar-refractivity contribution in [2.75, 3.05) is 11.9 Å². The van der Waals surface area contributed by atoms with E-state index < -0.39 is 0 Å². The van der Waals surface area contributed by atoms with Gasteiger partial charge in [0.1, 0.15) is 12.1 Å². The van der Waals surface area contributed by atoms with Gasteiger partial charge >= 0.3 is 0 Å². The minimum atomic E-state index is 0.102. The fourth-order valence-electron chi connectivity index (χ4n) is 4.80. The van der Waals surface area contributed by atoms with Crippen LogP contribution in [0.25, 0.3) is 10.9 Å². The average Bonchev–Trinajstić information content (AvgIpc) is 3.27. The van der Waals surface area contributed by atoms with E-state index in [1.54, 1.807) is 6.33 Å². The lowest BCUT2D eigenvalue weighted by Gasteiger charge is -2.29. The molecule has 7 heteroatoms. The van der Waals surface area contributed by atoms with Crippen LogP contribution in [0.4, 0.5) is 5.82 Å². The van der Waals surface area contributed by atoms with E-state index in [9.17, 15) is 4.79 Å². The van der Waals surface area contributed by atoms with Gasteiger partial charge in [-0.3, -0.25) is 10.2 Å². The van der Waals surface area contributed by atoms with E-state index in [1.165, 1.54) is 16.6 Å². The molecule has 3 N–H and O–H groups in total. The minimum absolute atomic E-state index is 0.102. The molecule has 0 spiro atoms. The highest BCUT2D eigenvalue weighted by Gasteiger charge is 2.40. The Balaban J connectivity index is 1.24. The van der Waals surface area contributed by atoms with E-state index in [4.69, 9.17) is 0 Å². The summed E-state index contributed by atoms with van der Waals surface area (Å²) in [5.41, 5.74) is 9.49. The number of aryl methyl sites for hydroxylation is 1. The van der Waals surface area contributed by atoms with Crippen LogP contribution in [0.15, 0.2) is 42.7 Å². The molecule has 1 aliphatic carbocycles. The lowest BCUT2D eigenvalue weighted by atomic mass is 9.77. The maximum Gasteiger partial charge on any atom is 0.238 e. The summed E-state index contributed by atoms with van der Waals surface area (Å²) in [4.78, 5) is 20.7. The standard InChI is InChI=1S/C22H26N6O/c1-14-10-16-4-2-3-5-20(16)28(14)9-8-23-21-12-18(24-13-25-21)15-6-7-17-19(11-15)26-27-22(17)29/h2-5,10,12-13,15,17,19,26H,6-9,11H2,1H3,(H,27,29)(H,23,24,25). The molecule has 1 saturated heterocycles. The number of carbonyl (C=O) groups excluding carboxylic acids is 1. The molecule has 2 fully saturated rings. The number of nitrogens with zero attached hydrogens (tertiary/aromatic N) is 3. The number of carbonyl (C=O) groups is 1. The molecular formula is C22H26N6O. The van der Waals surface area contributed by atoms with Gasteiger partial charge in [-0.25, -0.2) is 15.4 Å². The molecule has 2 aliphatic rings. The van der Waals surface area contributed by atoms with Crippen molar-refractivity contribution in [1.82, 2.24) is 25.4 Å². The van der Waals surface area contributed by atoms with Crippen molar-refractivity contribution in [3.05, 3.63) is 54.1 Å². The van der Waals surface area contributed by atoms with Gasteiger partial charge in [-0.05, 0) is 43.7 Å². The fraction of sp³-hybridized carbons (Fsp3) is 0.409. The molecule has 1 saturated carbocycles. The van der Waals surface area contributed by atoms with Gasteiger partial charge < -0.3 is 9.88 Å². The van der Waals surface area contributed by atoms with Crippen LogP contribution in [0.3, 0.4) is 0 Å². The highest BCUT2D eigenvalue weighted by molar-refractivity contribution is 5.81. The lowest BCUT2D eigenvalue weighted by Crippen LogP contribution is -2.35. The molecule has 7 nitrogen and oxygen atoms in total. The van der Waals surface area contributed by atoms with E-state index in [0.717, 1.165) is 43.9 Å². The Morgan fingerprint density at radius 2 is 2.10 bits per heavy atom. The Bertz CT molecular complexity index is 1040.